The number of halogens is 1. The quantitative estimate of drug-likeness (QED) is 0.699. The molecule has 4 heteroatoms. The van der Waals surface area contributed by atoms with Crippen molar-refractivity contribution in [2.24, 2.45) is 5.73 Å². The summed E-state index contributed by atoms with van der Waals surface area (Å²) in [5, 5.41) is 2.02. The summed E-state index contributed by atoms with van der Waals surface area (Å²) in [5.41, 5.74) is 9.33. The predicted molar refractivity (Wildman–Crippen MR) is 97.4 cm³/mol. The zero-order chi connectivity index (χ0) is 16.2. The molecule has 0 aliphatic rings. The van der Waals surface area contributed by atoms with Crippen molar-refractivity contribution in [3.63, 3.8) is 0 Å². The van der Waals surface area contributed by atoms with Crippen LogP contribution in [0.5, 0.6) is 0 Å². The summed E-state index contributed by atoms with van der Waals surface area (Å²) < 4.78 is 2.21. The predicted octanol–water partition coefficient (Wildman–Crippen LogP) is 4.91. The highest BCUT2D eigenvalue weighted by Gasteiger charge is 2.17. The molecule has 2 heterocycles. The number of hydrogen-bond acceptors (Lipinski definition) is 2. The largest absolute Gasteiger partial charge is 0.330 e. The van der Waals surface area contributed by atoms with Gasteiger partial charge in [0, 0.05) is 28.5 Å². The number of hydrogen-bond donors (Lipinski definition) is 1. The average Bonchev–Trinajstić information content (AvgIpc) is 2.96. The third kappa shape index (κ3) is 3.26. The number of aromatic nitrogens is 2. The highest BCUT2D eigenvalue weighted by Crippen LogP contribution is 2.33. The lowest BCUT2D eigenvalue weighted by molar-refractivity contribution is 0.583. The first-order chi connectivity index (χ1) is 11.2. The van der Waals surface area contributed by atoms with Crippen molar-refractivity contribution >= 4 is 22.5 Å². The van der Waals surface area contributed by atoms with Crippen LogP contribution in [0.25, 0.3) is 16.6 Å². The van der Waals surface area contributed by atoms with Gasteiger partial charge in [0.25, 0.3) is 0 Å². The first kappa shape index (κ1) is 16.0. The second kappa shape index (κ2) is 7.16. The van der Waals surface area contributed by atoms with Crippen molar-refractivity contribution in [3.05, 3.63) is 59.5 Å². The first-order valence-corrected chi connectivity index (χ1v) is 8.53. The van der Waals surface area contributed by atoms with Gasteiger partial charge in [-0.15, -0.1) is 0 Å². The molecule has 0 aliphatic carbocycles. The van der Waals surface area contributed by atoms with Gasteiger partial charge in [-0.05, 0) is 67.6 Å². The summed E-state index contributed by atoms with van der Waals surface area (Å²) in [4.78, 5) is 4.31. The molecule has 120 valence electrons. The molecule has 0 saturated carbocycles. The SMILES string of the molecule is CCC(CCCN)c1cn(-c2ccc(Cl)cc2)c2cnccc12. The van der Waals surface area contributed by atoms with Crippen LogP contribution in [0, 0.1) is 0 Å². The molecule has 0 aliphatic heterocycles. The van der Waals surface area contributed by atoms with Gasteiger partial charge in [-0.2, -0.15) is 0 Å². The lowest BCUT2D eigenvalue weighted by Gasteiger charge is -2.13. The Balaban J connectivity index is 2.11. The van der Waals surface area contributed by atoms with Crippen molar-refractivity contribution < 1.29 is 0 Å². The van der Waals surface area contributed by atoms with Crippen LogP contribution in [0.15, 0.2) is 48.9 Å². The van der Waals surface area contributed by atoms with Crippen LogP contribution in [0.3, 0.4) is 0 Å². The van der Waals surface area contributed by atoms with Crippen molar-refractivity contribution in [2.75, 3.05) is 6.54 Å². The van der Waals surface area contributed by atoms with E-state index in [1.54, 1.807) is 0 Å². The van der Waals surface area contributed by atoms with Crippen LogP contribution in [0.4, 0.5) is 0 Å². The zero-order valence-corrected chi connectivity index (χ0v) is 14.1. The van der Waals surface area contributed by atoms with E-state index in [1.165, 1.54) is 10.9 Å². The topological polar surface area (TPSA) is 43.8 Å². The van der Waals surface area contributed by atoms with Gasteiger partial charge < -0.3 is 10.3 Å². The van der Waals surface area contributed by atoms with Gasteiger partial charge in [0.1, 0.15) is 0 Å². The lowest BCUT2D eigenvalue weighted by atomic mass is 9.92. The Kier molecular flexibility index (Phi) is 4.99. The van der Waals surface area contributed by atoms with Gasteiger partial charge >= 0.3 is 0 Å². The monoisotopic (exact) mass is 327 g/mol. The van der Waals surface area contributed by atoms with Crippen LogP contribution in [-0.2, 0) is 0 Å². The average molecular weight is 328 g/mol. The van der Waals surface area contributed by atoms with Crippen LogP contribution < -0.4 is 5.73 Å². The molecular formula is C19H22ClN3. The number of nitrogens with two attached hydrogens (primary N) is 1. The van der Waals surface area contributed by atoms with Gasteiger partial charge in [-0.1, -0.05) is 18.5 Å². The number of fused-ring (bicyclic) bond motifs is 1. The Morgan fingerprint density at radius 1 is 1.22 bits per heavy atom. The van der Waals surface area contributed by atoms with Gasteiger partial charge in [0.15, 0.2) is 0 Å². The molecule has 0 saturated heterocycles. The van der Waals surface area contributed by atoms with Crippen molar-refractivity contribution in [3.8, 4) is 5.69 Å². The van der Waals surface area contributed by atoms with Crippen molar-refractivity contribution in [1.29, 1.82) is 0 Å². The van der Waals surface area contributed by atoms with Crippen LogP contribution in [-0.4, -0.2) is 16.1 Å². The highest BCUT2D eigenvalue weighted by molar-refractivity contribution is 6.30. The minimum absolute atomic E-state index is 0.525. The maximum atomic E-state index is 6.02. The van der Waals surface area contributed by atoms with E-state index in [2.05, 4.69) is 28.7 Å². The van der Waals surface area contributed by atoms with E-state index < -0.39 is 0 Å². The molecule has 3 aromatic rings. The van der Waals surface area contributed by atoms with Gasteiger partial charge in [-0.25, -0.2) is 0 Å². The van der Waals surface area contributed by atoms with E-state index in [9.17, 15) is 0 Å². The Morgan fingerprint density at radius 2 is 2.00 bits per heavy atom. The van der Waals surface area contributed by atoms with Crippen molar-refractivity contribution in [1.82, 2.24) is 9.55 Å². The van der Waals surface area contributed by atoms with Crippen LogP contribution in [0.2, 0.25) is 5.02 Å². The molecule has 0 amide bonds. The molecule has 2 N–H and O–H groups in total. The molecule has 0 radical (unpaired) electrons. The van der Waals surface area contributed by atoms with Gasteiger partial charge in [0.2, 0.25) is 0 Å². The van der Waals surface area contributed by atoms with E-state index in [0.29, 0.717) is 5.92 Å². The standard InChI is InChI=1S/C19H22ClN3/c1-2-14(4-3-10-21)18-13-23(16-7-5-15(20)6-8-16)19-12-22-11-9-17(18)19/h5-9,11-14H,2-4,10,21H2,1H3. The fraction of sp³-hybridized carbons (Fsp3) is 0.316. The van der Waals surface area contributed by atoms with Crippen LogP contribution >= 0.6 is 11.6 Å². The van der Waals surface area contributed by atoms with E-state index in [4.69, 9.17) is 17.3 Å². The van der Waals surface area contributed by atoms with E-state index >= 15 is 0 Å². The molecule has 0 spiro atoms. The van der Waals surface area contributed by atoms with Crippen LogP contribution in [0.1, 0.15) is 37.7 Å². The first-order valence-electron chi connectivity index (χ1n) is 8.15. The molecule has 3 rings (SSSR count). The fourth-order valence-corrected chi connectivity index (χ4v) is 3.31. The fourth-order valence-electron chi connectivity index (χ4n) is 3.18. The third-order valence-electron chi connectivity index (χ3n) is 4.43. The molecule has 23 heavy (non-hydrogen) atoms. The maximum absolute atomic E-state index is 6.02. The minimum Gasteiger partial charge on any atom is -0.330 e. The Bertz CT molecular complexity index is 777. The molecule has 1 atom stereocenters. The molecule has 3 nitrogen and oxygen atoms in total. The number of pyridine rings is 1. The maximum Gasteiger partial charge on any atom is 0.0715 e. The lowest BCUT2D eigenvalue weighted by Crippen LogP contribution is -2.03. The summed E-state index contributed by atoms with van der Waals surface area (Å²) in [6.45, 7) is 2.99. The molecule has 0 bridgehead atoms. The molecule has 2 aromatic heterocycles. The molecule has 1 aromatic carbocycles. The molecule has 1 unspecified atom stereocenters. The van der Waals surface area contributed by atoms with E-state index in [1.807, 2.05) is 36.7 Å². The molecule has 0 fully saturated rings. The van der Waals surface area contributed by atoms with E-state index in [-0.39, 0.29) is 0 Å². The van der Waals surface area contributed by atoms with Gasteiger partial charge in [-0.3, -0.25) is 4.98 Å². The number of benzene rings is 1. The second-order valence-corrected chi connectivity index (χ2v) is 6.30. The highest BCUT2D eigenvalue weighted by atomic mass is 35.5. The summed E-state index contributed by atoms with van der Waals surface area (Å²) >= 11 is 6.02. The zero-order valence-electron chi connectivity index (χ0n) is 13.4. The molecular weight excluding hydrogens is 306 g/mol. The van der Waals surface area contributed by atoms with E-state index in [0.717, 1.165) is 42.0 Å². The normalized spacial score (nSPS) is 12.7. The summed E-state index contributed by atoms with van der Waals surface area (Å²) in [6.07, 6.45) is 9.34. The minimum atomic E-state index is 0.525. The Morgan fingerprint density at radius 3 is 2.70 bits per heavy atom. The smallest absolute Gasteiger partial charge is 0.0715 e. The number of rotatable bonds is 6. The number of nitrogens with zero attached hydrogens (tertiary/aromatic N) is 2. The Labute approximate surface area is 142 Å². The second-order valence-electron chi connectivity index (χ2n) is 5.86. The van der Waals surface area contributed by atoms with Gasteiger partial charge in [0.05, 0.1) is 11.7 Å². The Hall–Kier alpha value is -1.84. The summed E-state index contributed by atoms with van der Waals surface area (Å²) in [6, 6.07) is 10.0. The summed E-state index contributed by atoms with van der Waals surface area (Å²) in [5.74, 6) is 0.525. The summed E-state index contributed by atoms with van der Waals surface area (Å²) in [7, 11) is 0. The van der Waals surface area contributed by atoms with Crippen molar-refractivity contribution in [2.45, 2.75) is 32.1 Å². The third-order valence-corrected chi connectivity index (χ3v) is 4.68.